The number of nitrogens with one attached hydrogen (secondary N) is 1. The fraction of sp³-hybridized carbons (Fsp3) is 0.417. The van der Waals surface area contributed by atoms with Gasteiger partial charge in [0.2, 0.25) is 11.8 Å². The number of hydrogen-bond acceptors (Lipinski definition) is 3. The topological polar surface area (TPSA) is 49.4 Å². The molecule has 0 aliphatic carbocycles. The minimum atomic E-state index is -0.620. The van der Waals surface area contributed by atoms with E-state index in [0.717, 1.165) is 11.1 Å². The lowest BCUT2D eigenvalue weighted by Crippen LogP contribution is -2.48. The van der Waals surface area contributed by atoms with Crippen molar-refractivity contribution in [2.24, 2.45) is 5.92 Å². The van der Waals surface area contributed by atoms with Crippen molar-refractivity contribution in [1.82, 2.24) is 10.2 Å². The standard InChI is InChI=1S/C24H30ClFN2O2S/c1-16(2)12-27-24(30)18(4)28(13-19-10-8-17(3)9-11-19)23(29)15-31-14-20-21(25)6-5-7-22(20)26/h5-11,16,18H,12-15H2,1-4H3,(H,27,30). The third-order valence-corrected chi connectivity index (χ3v) is 6.16. The van der Waals surface area contributed by atoms with Crippen LogP contribution in [-0.4, -0.2) is 35.1 Å². The second-order valence-corrected chi connectivity index (χ2v) is 9.41. The van der Waals surface area contributed by atoms with Crippen LogP contribution in [0.3, 0.4) is 0 Å². The fourth-order valence-corrected chi connectivity index (χ4v) is 4.17. The van der Waals surface area contributed by atoms with Crippen molar-refractivity contribution in [2.75, 3.05) is 12.3 Å². The van der Waals surface area contributed by atoms with Crippen LogP contribution in [0.1, 0.15) is 37.5 Å². The highest BCUT2D eigenvalue weighted by molar-refractivity contribution is 7.99. The van der Waals surface area contributed by atoms with Gasteiger partial charge in [-0.1, -0.05) is 61.3 Å². The molecule has 2 aromatic rings. The van der Waals surface area contributed by atoms with E-state index < -0.39 is 6.04 Å². The molecule has 7 heteroatoms. The molecule has 1 unspecified atom stereocenters. The first kappa shape index (κ1) is 25.2. The van der Waals surface area contributed by atoms with Crippen LogP contribution in [0.2, 0.25) is 5.02 Å². The third-order valence-electron chi connectivity index (χ3n) is 4.86. The molecule has 1 atom stereocenters. The van der Waals surface area contributed by atoms with Gasteiger partial charge >= 0.3 is 0 Å². The van der Waals surface area contributed by atoms with Gasteiger partial charge in [0.1, 0.15) is 11.9 Å². The Hall–Kier alpha value is -2.05. The fourth-order valence-electron chi connectivity index (χ4n) is 2.92. The molecule has 0 aliphatic heterocycles. The Kier molecular flexibility index (Phi) is 9.85. The molecule has 0 spiro atoms. The molecule has 0 heterocycles. The normalized spacial score (nSPS) is 12.0. The molecule has 0 bridgehead atoms. The number of nitrogens with zero attached hydrogens (tertiary/aromatic N) is 1. The maximum atomic E-state index is 14.0. The van der Waals surface area contributed by atoms with Gasteiger partial charge < -0.3 is 10.2 Å². The van der Waals surface area contributed by atoms with Gasteiger partial charge in [0.15, 0.2) is 0 Å². The number of hydrogen-bond donors (Lipinski definition) is 1. The number of thioether (sulfide) groups is 1. The van der Waals surface area contributed by atoms with Gasteiger partial charge in [0.05, 0.1) is 5.75 Å². The van der Waals surface area contributed by atoms with Crippen molar-refractivity contribution >= 4 is 35.2 Å². The van der Waals surface area contributed by atoms with E-state index in [1.54, 1.807) is 24.0 Å². The van der Waals surface area contributed by atoms with Gasteiger partial charge in [-0.2, -0.15) is 0 Å². The average molecular weight is 465 g/mol. The first-order chi connectivity index (χ1) is 14.7. The Morgan fingerprint density at radius 2 is 1.81 bits per heavy atom. The molecule has 0 fully saturated rings. The highest BCUT2D eigenvalue weighted by Crippen LogP contribution is 2.24. The highest BCUT2D eigenvalue weighted by atomic mass is 35.5. The molecule has 2 aromatic carbocycles. The van der Waals surface area contributed by atoms with Crippen LogP contribution < -0.4 is 5.32 Å². The van der Waals surface area contributed by atoms with Crippen molar-refractivity contribution in [1.29, 1.82) is 0 Å². The second kappa shape index (κ2) is 12.1. The number of carbonyl (C=O) groups excluding carboxylic acids is 2. The van der Waals surface area contributed by atoms with Crippen LogP contribution in [-0.2, 0) is 21.9 Å². The summed E-state index contributed by atoms with van der Waals surface area (Å²) in [6.45, 7) is 8.65. The van der Waals surface area contributed by atoms with Gasteiger partial charge in [-0.25, -0.2) is 4.39 Å². The predicted molar refractivity (Wildman–Crippen MR) is 127 cm³/mol. The molecule has 168 valence electrons. The monoisotopic (exact) mass is 464 g/mol. The summed E-state index contributed by atoms with van der Waals surface area (Å²) < 4.78 is 14.0. The number of aryl methyl sites for hydroxylation is 1. The summed E-state index contributed by atoms with van der Waals surface area (Å²) in [6, 6.07) is 11.8. The Bertz CT molecular complexity index is 869. The van der Waals surface area contributed by atoms with Gasteiger partial charge in [-0.05, 0) is 37.5 Å². The van der Waals surface area contributed by atoms with Crippen molar-refractivity contribution < 1.29 is 14.0 Å². The van der Waals surface area contributed by atoms with Gasteiger partial charge in [-0.3, -0.25) is 9.59 Å². The summed E-state index contributed by atoms with van der Waals surface area (Å²) in [4.78, 5) is 27.3. The SMILES string of the molecule is Cc1ccc(CN(C(=O)CSCc2c(F)cccc2Cl)C(C)C(=O)NCC(C)C)cc1. The van der Waals surface area contributed by atoms with Gasteiger partial charge in [0, 0.05) is 29.4 Å². The predicted octanol–water partition coefficient (Wildman–Crippen LogP) is 5.21. The molecule has 0 radical (unpaired) electrons. The zero-order valence-corrected chi connectivity index (χ0v) is 20.0. The molecule has 2 rings (SSSR count). The van der Waals surface area contributed by atoms with Crippen molar-refractivity contribution in [2.45, 2.75) is 46.0 Å². The number of benzene rings is 2. The molecule has 1 N–H and O–H groups in total. The van der Waals surface area contributed by atoms with E-state index in [9.17, 15) is 14.0 Å². The van der Waals surface area contributed by atoms with Gasteiger partial charge in [-0.15, -0.1) is 11.8 Å². The zero-order valence-electron chi connectivity index (χ0n) is 18.5. The van der Waals surface area contributed by atoms with Crippen LogP contribution in [0.5, 0.6) is 0 Å². The Morgan fingerprint density at radius 3 is 2.42 bits per heavy atom. The molecule has 31 heavy (non-hydrogen) atoms. The average Bonchev–Trinajstić information content (AvgIpc) is 2.73. The quantitative estimate of drug-likeness (QED) is 0.525. The molecule has 0 aromatic heterocycles. The van der Waals surface area contributed by atoms with Crippen LogP contribution in [0, 0.1) is 18.7 Å². The van der Waals surface area contributed by atoms with E-state index in [-0.39, 0.29) is 29.1 Å². The Balaban J connectivity index is 2.09. The van der Waals surface area contributed by atoms with Gasteiger partial charge in [0.25, 0.3) is 0 Å². The number of halogens is 2. The summed E-state index contributed by atoms with van der Waals surface area (Å²) in [7, 11) is 0. The van der Waals surface area contributed by atoms with Crippen molar-refractivity contribution in [3.05, 3.63) is 70.0 Å². The molecule has 0 aliphatic rings. The largest absolute Gasteiger partial charge is 0.354 e. The van der Waals surface area contributed by atoms with Crippen LogP contribution >= 0.6 is 23.4 Å². The summed E-state index contributed by atoms with van der Waals surface area (Å²) in [5.41, 5.74) is 2.46. The minimum absolute atomic E-state index is 0.123. The zero-order chi connectivity index (χ0) is 23.0. The van der Waals surface area contributed by atoms with Crippen molar-refractivity contribution in [3.63, 3.8) is 0 Å². The minimum Gasteiger partial charge on any atom is -0.354 e. The van der Waals surface area contributed by atoms with E-state index in [4.69, 9.17) is 11.6 Å². The number of carbonyl (C=O) groups is 2. The summed E-state index contributed by atoms with van der Waals surface area (Å²) in [6.07, 6.45) is 0. The van der Waals surface area contributed by atoms with Crippen LogP contribution in [0.4, 0.5) is 4.39 Å². The van der Waals surface area contributed by atoms with E-state index in [1.165, 1.54) is 17.8 Å². The molecule has 2 amide bonds. The lowest BCUT2D eigenvalue weighted by atomic mass is 10.1. The van der Waals surface area contributed by atoms with E-state index in [0.29, 0.717) is 29.6 Å². The first-order valence-corrected chi connectivity index (χ1v) is 11.9. The maximum absolute atomic E-state index is 14.0. The van der Waals surface area contributed by atoms with E-state index in [2.05, 4.69) is 5.32 Å². The highest BCUT2D eigenvalue weighted by Gasteiger charge is 2.26. The number of amides is 2. The molecular weight excluding hydrogens is 435 g/mol. The smallest absolute Gasteiger partial charge is 0.242 e. The third kappa shape index (κ3) is 7.86. The summed E-state index contributed by atoms with van der Waals surface area (Å²) in [5, 5.41) is 3.25. The molecule has 0 saturated carbocycles. The molecular formula is C24H30ClFN2O2S. The molecule has 4 nitrogen and oxygen atoms in total. The van der Waals surface area contributed by atoms with E-state index >= 15 is 0 Å². The van der Waals surface area contributed by atoms with E-state index in [1.807, 2.05) is 45.0 Å². The lowest BCUT2D eigenvalue weighted by Gasteiger charge is -2.29. The number of rotatable bonds is 10. The second-order valence-electron chi connectivity index (χ2n) is 8.02. The van der Waals surface area contributed by atoms with Crippen LogP contribution in [0.15, 0.2) is 42.5 Å². The first-order valence-electron chi connectivity index (χ1n) is 10.3. The maximum Gasteiger partial charge on any atom is 0.242 e. The lowest BCUT2D eigenvalue weighted by molar-refractivity contribution is -0.138. The summed E-state index contributed by atoms with van der Waals surface area (Å²) in [5.74, 6) is -0.0209. The van der Waals surface area contributed by atoms with Crippen molar-refractivity contribution in [3.8, 4) is 0 Å². The Morgan fingerprint density at radius 1 is 1.13 bits per heavy atom. The Labute approximate surface area is 193 Å². The molecule has 0 saturated heterocycles. The summed E-state index contributed by atoms with van der Waals surface area (Å²) >= 11 is 7.36. The van der Waals surface area contributed by atoms with Crippen LogP contribution in [0.25, 0.3) is 0 Å².